The number of rotatable bonds is 5. The highest BCUT2D eigenvalue weighted by molar-refractivity contribution is 7.88. The van der Waals surface area contributed by atoms with Crippen LogP contribution in [0.4, 0.5) is 8.78 Å². The zero-order valence-corrected chi connectivity index (χ0v) is 15.4. The van der Waals surface area contributed by atoms with Crippen molar-refractivity contribution >= 4 is 10.0 Å². The second-order valence-electron chi connectivity index (χ2n) is 6.40. The van der Waals surface area contributed by atoms with Gasteiger partial charge in [-0.15, -0.1) is 0 Å². The number of hydrogen-bond acceptors (Lipinski definition) is 4. The molecule has 142 valence electrons. The fraction of sp³-hybridized carbons (Fsp3) is 0.316. The summed E-state index contributed by atoms with van der Waals surface area (Å²) in [6.07, 6.45) is 0. The minimum absolute atomic E-state index is 0.188. The number of hydrogen-bond donors (Lipinski definition) is 0. The molecule has 1 saturated heterocycles. The fourth-order valence-electron chi connectivity index (χ4n) is 3.13. The topological polar surface area (TPSA) is 64.4 Å². The Labute approximate surface area is 157 Å². The average molecular weight is 391 g/mol. The highest BCUT2D eigenvalue weighted by Crippen LogP contribution is 2.23. The highest BCUT2D eigenvalue weighted by Gasteiger charge is 2.30. The molecule has 1 unspecified atom stereocenters. The molecule has 1 atom stereocenters. The van der Waals surface area contributed by atoms with Crippen molar-refractivity contribution in [3.05, 3.63) is 71.3 Å². The van der Waals surface area contributed by atoms with Crippen molar-refractivity contribution in [3.63, 3.8) is 0 Å². The van der Waals surface area contributed by atoms with Gasteiger partial charge in [-0.3, -0.25) is 4.90 Å². The number of benzene rings is 2. The van der Waals surface area contributed by atoms with Gasteiger partial charge in [0, 0.05) is 26.2 Å². The van der Waals surface area contributed by atoms with Crippen LogP contribution in [-0.2, 0) is 15.8 Å². The smallest absolute Gasteiger partial charge is 0.218 e. The Morgan fingerprint density at radius 2 is 1.44 bits per heavy atom. The molecule has 1 aliphatic heterocycles. The number of nitriles is 1. The molecule has 1 fully saturated rings. The fourth-order valence-corrected chi connectivity index (χ4v) is 4.65. The lowest BCUT2D eigenvalue weighted by Crippen LogP contribution is -2.49. The van der Waals surface area contributed by atoms with Gasteiger partial charge in [0.25, 0.3) is 0 Å². The van der Waals surface area contributed by atoms with E-state index >= 15 is 0 Å². The zero-order chi connectivity index (χ0) is 19.4. The lowest BCUT2D eigenvalue weighted by Gasteiger charge is -2.36. The van der Waals surface area contributed by atoms with Gasteiger partial charge in [-0.1, -0.05) is 24.3 Å². The van der Waals surface area contributed by atoms with Gasteiger partial charge in [-0.05, 0) is 35.4 Å². The quantitative estimate of drug-likeness (QED) is 0.786. The van der Waals surface area contributed by atoms with Crippen LogP contribution in [0.15, 0.2) is 48.5 Å². The van der Waals surface area contributed by atoms with Crippen LogP contribution in [0.2, 0.25) is 0 Å². The first-order valence-corrected chi connectivity index (χ1v) is 10.1. The van der Waals surface area contributed by atoms with Crippen molar-refractivity contribution in [2.24, 2.45) is 0 Å². The Hall–Kier alpha value is -2.34. The lowest BCUT2D eigenvalue weighted by molar-refractivity contribution is 0.162. The normalized spacial score (nSPS) is 17.4. The third-order valence-electron chi connectivity index (χ3n) is 4.60. The largest absolute Gasteiger partial charge is 0.282 e. The number of nitrogens with zero attached hydrogens (tertiary/aromatic N) is 3. The summed E-state index contributed by atoms with van der Waals surface area (Å²) >= 11 is 0. The molecule has 0 bridgehead atoms. The van der Waals surface area contributed by atoms with Gasteiger partial charge in [0.2, 0.25) is 10.0 Å². The van der Waals surface area contributed by atoms with Gasteiger partial charge >= 0.3 is 0 Å². The van der Waals surface area contributed by atoms with Crippen LogP contribution in [0.1, 0.15) is 17.2 Å². The predicted octanol–water partition coefficient (Wildman–Crippen LogP) is 2.68. The molecule has 8 heteroatoms. The molecule has 0 spiro atoms. The Morgan fingerprint density at radius 3 is 1.96 bits per heavy atom. The molecule has 2 aromatic rings. The molecule has 27 heavy (non-hydrogen) atoms. The van der Waals surface area contributed by atoms with Gasteiger partial charge in [0.1, 0.15) is 17.7 Å². The summed E-state index contributed by atoms with van der Waals surface area (Å²) in [7, 11) is -3.52. The van der Waals surface area contributed by atoms with E-state index in [0.29, 0.717) is 24.2 Å². The van der Waals surface area contributed by atoms with Crippen LogP contribution in [0.5, 0.6) is 0 Å². The van der Waals surface area contributed by atoms with Crippen molar-refractivity contribution in [2.75, 3.05) is 26.2 Å². The Morgan fingerprint density at radius 1 is 0.926 bits per heavy atom. The SMILES string of the molecule is N#CC(c1ccc(F)cc1)N1CCN(S(=O)(=O)Cc2ccc(F)cc2)CC1. The van der Waals surface area contributed by atoms with Crippen LogP contribution in [0.25, 0.3) is 0 Å². The van der Waals surface area contributed by atoms with E-state index in [0.717, 1.165) is 0 Å². The molecule has 1 aliphatic rings. The summed E-state index contributed by atoms with van der Waals surface area (Å²) in [4.78, 5) is 1.89. The summed E-state index contributed by atoms with van der Waals surface area (Å²) in [5.74, 6) is -0.965. The second-order valence-corrected chi connectivity index (χ2v) is 8.37. The van der Waals surface area contributed by atoms with E-state index in [4.69, 9.17) is 0 Å². The molecule has 2 aromatic carbocycles. The molecular formula is C19H19F2N3O2S. The number of piperazine rings is 1. The van der Waals surface area contributed by atoms with Crippen molar-refractivity contribution in [1.29, 1.82) is 5.26 Å². The van der Waals surface area contributed by atoms with Crippen LogP contribution in [0, 0.1) is 23.0 Å². The summed E-state index contributed by atoms with van der Waals surface area (Å²) < 4.78 is 52.7. The summed E-state index contributed by atoms with van der Waals surface area (Å²) in [5.41, 5.74) is 1.21. The van der Waals surface area contributed by atoms with Crippen LogP contribution in [-0.4, -0.2) is 43.8 Å². The minimum Gasteiger partial charge on any atom is -0.282 e. The van der Waals surface area contributed by atoms with Crippen molar-refractivity contribution < 1.29 is 17.2 Å². The first-order valence-electron chi connectivity index (χ1n) is 8.50. The average Bonchev–Trinajstić information content (AvgIpc) is 2.66. The summed E-state index contributed by atoms with van der Waals surface area (Å²) in [5, 5.41) is 9.50. The summed E-state index contributed by atoms with van der Waals surface area (Å²) in [6, 6.07) is 12.8. The van der Waals surface area contributed by atoms with E-state index < -0.39 is 21.9 Å². The summed E-state index contributed by atoms with van der Waals surface area (Å²) in [6.45, 7) is 1.34. The minimum atomic E-state index is -3.52. The van der Waals surface area contributed by atoms with Gasteiger partial charge in [-0.25, -0.2) is 17.2 Å². The van der Waals surface area contributed by atoms with Crippen LogP contribution in [0.3, 0.4) is 0 Å². The maximum Gasteiger partial charge on any atom is 0.218 e. The van der Waals surface area contributed by atoms with Crippen molar-refractivity contribution in [3.8, 4) is 6.07 Å². The van der Waals surface area contributed by atoms with E-state index in [-0.39, 0.29) is 24.7 Å². The lowest BCUT2D eigenvalue weighted by atomic mass is 10.1. The molecule has 0 aliphatic carbocycles. The highest BCUT2D eigenvalue weighted by atomic mass is 32.2. The molecule has 0 amide bonds. The zero-order valence-electron chi connectivity index (χ0n) is 14.6. The van der Waals surface area contributed by atoms with Crippen molar-refractivity contribution in [1.82, 2.24) is 9.21 Å². The molecule has 0 aromatic heterocycles. The molecule has 3 rings (SSSR count). The number of halogens is 2. The van der Waals surface area contributed by atoms with Crippen LogP contribution >= 0.6 is 0 Å². The molecule has 1 heterocycles. The molecule has 0 radical (unpaired) electrons. The third-order valence-corrected chi connectivity index (χ3v) is 6.45. The van der Waals surface area contributed by atoms with Crippen molar-refractivity contribution in [2.45, 2.75) is 11.8 Å². The van der Waals surface area contributed by atoms with Gasteiger partial charge in [-0.2, -0.15) is 9.57 Å². The Bertz CT molecular complexity index is 917. The Kier molecular flexibility index (Phi) is 5.85. The number of sulfonamides is 1. The molecule has 0 N–H and O–H groups in total. The van der Waals surface area contributed by atoms with Gasteiger partial charge in [0.15, 0.2) is 0 Å². The van der Waals surface area contributed by atoms with E-state index in [1.54, 1.807) is 12.1 Å². The predicted molar refractivity (Wildman–Crippen MR) is 96.9 cm³/mol. The van der Waals surface area contributed by atoms with E-state index in [1.165, 1.54) is 40.7 Å². The van der Waals surface area contributed by atoms with E-state index in [1.807, 2.05) is 4.90 Å². The molecule has 5 nitrogen and oxygen atoms in total. The molecular weight excluding hydrogens is 372 g/mol. The van der Waals surface area contributed by atoms with E-state index in [2.05, 4.69) is 6.07 Å². The third kappa shape index (κ3) is 4.69. The molecule has 0 saturated carbocycles. The second kappa shape index (κ2) is 8.13. The van der Waals surface area contributed by atoms with E-state index in [9.17, 15) is 22.5 Å². The maximum absolute atomic E-state index is 13.1. The van der Waals surface area contributed by atoms with Gasteiger partial charge in [0.05, 0.1) is 11.8 Å². The monoisotopic (exact) mass is 391 g/mol. The first kappa shape index (κ1) is 19.4. The first-order chi connectivity index (χ1) is 12.9. The maximum atomic E-state index is 13.1. The standard InChI is InChI=1S/C19H19F2N3O2S/c20-17-5-1-15(2-6-17)14-27(25,26)24-11-9-23(10-12-24)19(13-22)16-3-7-18(21)8-4-16/h1-8,19H,9-12,14H2. The Balaban J connectivity index is 1.64. The van der Waals surface area contributed by atoms with Crippen LogP contribution < -0.4 is 0 Å². The van der Waals surface area contributed by atoms with Gasteiger partial charge < -0.3 is 0 Å².